The quantitative estimate of drug-likeness (QED) is 0.588. The van der Waals surface area contributed by atoms with Crippen LogP contribution in [0.4, 0.5) is 5.82 Å². The molecule has 0 fully saturated rings. The van der Waals surface area contributed by atoms with E-state index in [2.05, 4.69) is 50.4 Å². The molecule has 130 valence electrons. The van der Waals surface area contributed by atoms with E-state index < -0.39 is 0 Å². The van der Waals surface area contributed by atoms with E-state index in [1.807, 2.05) is 23.5 Å². The monoisotopic (exact) mass is 352 g/mol. The molecule has 1 aromatic carbocycles. The summed E-state index contributed by atoms with van der Waals surface area (Å²) in [6.07, 6.45) is 1.05. The molecule has 2 heterocycles. The lowest BCUT2D eigenvalue weighted by molar-refractivity contribution is 0.475. The van der Waals surface area contributed by atoms with E-state index in [9.17, 15) is 5.11 Å². The Kier molecular flexibility index (Phi) is 5.39. The number of benzene rings is 1. The van der Waals surface area contributed by atoms with Crippen LogP contribution in [0.5, 0.6) is 5.75 Å². The third-order valence-corrected chi connectivity index (χ3v) is 5.25. The highest BCUT2D eigenvalue weighted by Gasteiger charge is 2.09. The molecular formula is C21H24N2OS. The maximum atomic E-state index is 9.53. The Morgan fingerprint density at radius 3 is 2.44 bits per heavy atom. The van der Waals surface area contributed by atoms with Gasteiger partial charge < -0.3 is 10.4 Å². The van der Waals surface area contributed by atoms with Gasteiger partial charge in [0, 0.05) is 21.9 Å². The van der Waals surface area contributed by atoms with E-state index >= 15 is 0 Å². The molecule has 0 atom stereocenters. The topological polar surface area (TPSA) is 45.2 Å². The highest BCUT2D eigenvalue weighted by atomic mass is 32.1. The van der Waals surface area contributed by atoms with Crippen molar-refractivity contribution in [2.45, 2.75) is 27.2 Å². The van der Waals surface area contributed by atoms with Crippen LogP contribution < -0.4 is 5.32 Å². The van der Waals surface area contributed by atoms with E-state index in [-0.39, 0.29) is 5.75 Å². The molecule has 3 nitrogen and oxygen atoms in total. The molecule has 2 aromatic heterocycles. The fraction of sp³-hybridized carbons (Fsp3) is 0.286. The third-order valence-electron chi connectivity index (χ3n) is 3.97. The molecule has 0 saturated heterocycles. The number of aromatic nitrogens is 1. The van der Waals surface area contributed by atoms with Crippen LogP contribution >= 0.6 is 11.3 Å². The Balaban J connectivity index is 2.02. The molecule has 25 heavy (non-hydrogen) atoms. The lowest BCUT2D eigenvalue weighted by Crippen LogP contribution is -2.09. The molecule has 0 aliphatic carbocycles. The lowest BCUT2D eigenvalue weighted by Gasteiger charge is -2.12. The summed E-state index contributed by atoms with van der Waals surface area (Å²) >= 11 is 1.83. The predicted octanol–water partition coefficient (Wildman–Crippen LogP) is 5.81. The second-order valence-electron chi connectivity index (χ2n) is 6.57. The van der Waals surface area contributed by atoms with Gasteiger partial charge in [0.2, 0.25) is 0 Å². The molecule has 0 spiro atoms. The van der Waals surface area contributed by atoms with Crippen molar-refractivity contribution in [1.82, 2.24) is 4.98 Å². The van der Waals surface area contributed by atoms with Crippen LogP contribution in [0.15, 0.2) is 48.5 Å². The zero-order valence-electron chi connectivity index (χ0n) is 14.9. The molecule has 0 saturated carbocycles. The van der Waals surface area contributed by atoms with Gasteiger partial charge in [-0.05, 0) is 66.4 Å². The van der Waals surface area contributed by atoms with E-state index in [4.69, 9.17) is 4.98 Å². The van der Waals surface area contributed by atoms with Crippen molar-refractivity contribution in [3.05, 3.63) is 53.4 Å². The summed E-state index contributed by atoms with van der Waals surface area (Å²) in [6.45, 7) is 7.44. The largest absolute Gasteiger partial charge is 0.508 e. The first-order chi connectivity index (χ1) is 12.0. The first kappa shape index (κ1) is 17.5. The molecule has 0 bridgehead atoms. The van der Waals surface area contributed by atoms with Gasteiger partial charge in [-0.1, -0.05) is 20.8 Å². The van der Waals surface area contributed by atoms with Gasteiger partial charge in [-0.3, -0.25) is 0 Å². The number of hydrogen-bond donors (Lipinski definition) is 2. The third kappa shape index (κ3) is 4.40. The zero-order chi connectivity index (χ0) is 17.8. The standard InChI is InChI=1S/C21H24N2OS/c1-4-18-9-10-20(25-18)16-11-19(15-5-7-17(24)8-6-15)23-21(12-16)22-13-14(2)3/h5-12,14,24H,4,13H2,1-3H3,(H,22,23). The number of anilines is 1. The molecule has 4 heteroatoms. The molecule has 0 unspecified atom stereocenters. The van der Waals surface area contributed by atoms with Crippen LogP contribution in [0.2, 0.25) is 0 Å². The molecule has 0 aliphatic rings. The van der Waals surface area contributed by atoms with E-state index in [1.54, 1.807) is 12.1 Å². The number of phenols is 1. The molecule has 3 rings (SSSR count). The van der Waals surface area contributed by atoms with Crippen LogP contribution in [-0.2, 0) is 6.42 Å². The van der Waals surface area contributed by atoms with Gasteiger partial charge in [0.1, 0.15) is 11.6 Å². The summed E-state index contributed by atoms with van der Waals surface area (Å²) in [5.41, 5.74) is 3.09. The first-order valence-corrected chi connectivity index (χ1v) is 9.51. The first-order valence-electron chi connectivity index (χ1n) is 8.69. The van der Waals surface area contributed by atoms with Gasteiger partial charge in [0.25, 0.3) is 0 Å². The maximum Gasteiger partial charge on any atom is 0.127 e. The zero-order valence-corrected chi connectivity index (χ0v) is 15.7. The summed E-state index contributed by atoms with van der Waals surface area (Å²) in [7, 11) is 0. The molecular weight excluding hydrogens is 328 g/mol. The lowest BCUT2D eigenvalue weighted by atomic mass is 10.1. The average molecular weight is 353 g/mol. The van der Waals surface area contributed by atoms with Crippen molar-refractivity contribution in [2.75, 3.05) is 11.9 Å². The predicted molar refractivity (Wildman–Crippen MR) is 107 cm³/mol. The Hall–Kier alpha value is -2.33. The van der Waals surface area contributed by atoms with Gasteiger partial charge >= 0.3 is 0 Å². The number of hydrogen-bond acceptors (Lipinski definition) is 4. The number of aromatic hydroxyl groups is 1. The number of nitrogens with zero attached hydrogens (tertiary/aromatic N) is 1. The van der Waals surface area contributed by atoms with Crippen molar-refractivity contribution >= 4 is 17.2 Å². The van der Waals surface area contributed by atoms with Crippen molar-refractivity contribution in [3.63, 3.8) is 0 Å². The fourth-order valence-corrected chi connectivity index (χ4v) is 3.51. The average Bonchev–Trinajstić information content (AvgIpc) is 3.09. The molecule has 0 aliphatic heterocycles. The van der Waals surface area contributed by atoms with E-state index in [1.165, 1.54) is 15.3 Å². The summed E-state index contributed by atoms with van der Waals surface area (Å²) in [6, 6.07) is 15.8. The van der Waals surface area contributed by atoms with Gasteiger partial charge in [-0.25, -0.2) is 4.98 Å². The highest BCUT2D eigenvalue weighted by molar-refractivity contribution is 7.15. The van der Waals surface area contributed by atoms with Crippen LogP contribution in [0, 0.1) is 5.92 Å². The second kappa shape index (κ2) is 7.70. The van der Waals surface area contributed by atoms with Gasteiger partial charge in [0.05, 0.1) is 5.69 Å². The fourth-order valence-electron chi connectivity index (χ4n) is 2.58. The molecule has 2 N–H and O–H groups in total. The number of nitrogens with one attached hydrogen (secondary N) is 1. The van der Waals surface area contributed by atoms with E-state index in [0.717, 1.165) is 30.0 Å². The molecule has 0 amide bonds. The van der Waals surface area contributed by atoms with Crippen LogP contribution in [0.25, 0.3) is 21.7 Å². The Labute approximate surface area is 153 Å². The minimum atomic E-state index is 0.268. The minimum Gasteiger partial charge on any atom is -0.508 e. The van der Waals surface area contributed by atoms with Gasteiger partial charge in [0.15, 0.2) is 0 Å². The summed E-state index contributed by atoms with van der Waals surface area (Å²) in [4.78, 5) is 7.41. The second-order valence-corrected chi connectivity index (χ2v) is 7.74. The van der Waals surface area contributed by atoms with E-state index in [0.29, 0.717) is 5.92 Å². The van der Waals surface area contributed by atoms with Crippen molar-refractivity contribution < 1.29 is 5.11 Å². The van der Waals surface area contributed by atoms with Crippen LogP contribution in [0.1, 0.15) is 25.6 Å². The Bertz CT molecular complexity index is 837. The Morgan fingerprint density at radius 1 is 1.04 bits per heavy atom. The number of phenolic OH excluding ortho intramolecular Hbond substituents is 1. The maximum absolute atomic E-state index is 9.53. The highest BCUT2D eigenvalue weighted by Crippen LogP contribution is 2.33. The summed E-state index contributed by atoms with van der Waals surface area (Å²) in [5.74, 6) is 1.71. The van der Waals surface area contributed by atoms with Crippen LogP contribution in [-0.4, -0.2) is 16.6 Å². The van der Waals surface area contributed by atoms with Crippen LogP contribution in [0.3, 0.4) is 0 Å². The summed E-state index contributed by atoms with van der Waals surface area (Å²) < 4.78 is 0. The van der Waals surface area contributed by atoms with Crippen molar-refractivity contribution in [3.8, 4) is 27.4 Å². The molecule has 3 aromatic rings. The minimum absolute atomic E-state index is 0.268. The van der Waals surface area contributed by atoms with Crippen molar-refractivity contribution in [2.24, 2.45) is 5.92 Å². The summed E-state index contributed by atoms with van der Waals surface area (Å²) in [5, 5.41) is 13.0. The number of aryl methyl sites for hydroxylation is 1. The number of rotatable bonds is 6. The normalized spacial score (nSPS) is 11.0. The Morgan fingerprint density at radius 2 is 1.80 bits per heavy atom. The molecule has 0 radical (unpaired) electrons. The number of pyridine rings is 1. The number of thiophene rings is 1. The van der Waals surface area contributed by atoms with Gasteiger partial charge in [-0.2, -0.15) is 0 Å². The SMILES string of the molecule is CCc1ccc(-c2cc(NCC(C)C)nc(-c3ccc(O)cc3)c2)s1. The van der Waals surface area contributed by atoms with Crippen molar-refractivity contribution in [1.29, 1.82) is 0 Å². The van der Waals surface area contributed by atoms with Gasteiger partial charge in [-0.15, -0.1) is 11.3 Å². The smallest absolute Gasteiger partial charge is 0.127 e.